The highest BCUT2D eigenvalue weighted by molar-refractivity contribution is 5.43. The molecule has 0 N–H and O–H groups in total. The Bertz CT molecular complexity index is 511. The van der Waals surface area contributed by atoms with Crippen molar-refractivity contribution in [3.05, 3.63) is 23.8 Å². The molecule has 1 unspecified atom stereocenters. The first-order valence-corrected chi connectivity index (χ1v) is 7.20. The molecule has 0 aromatic heterocycles. The van der Waals surface area contributed by atoms with E-state index in [1.54, 1.807) is 25.3 Å². The Kier molecular flexibility index (Phi) is 5.43. The van der Waals surface area contributed by atoms with Crippen LogP contribution >= 0.6 is 0 Å². The van der Waals surface area contributed by atoms with E-state index >= 15 is 0 Å². The Hall–Kier alpha value is -1.77. The number of nitriles is 1. The molecule has 5 nitrogen and oxygen atoms in total. The minimum absolute atomic E-state index is 0.0536. The van der Waals surface area contributed by atoms with E-state index in [2.05, 4.69) is 24.8 Å². The first-order chi connectivity index (χ1) is 10.1. The lowest BCUT2D eigenvalue weighted by Crippen LogP contribution is -2.47. The van der Waals surface area contributed by atoms with Crippen molar-refractivity contribution >= 4 is 0 Å². The van der Waals surface area contributed by atoms with Crippen molar-refractivity contribution in [3.63, 3.8) is 0 Å². The lowest BCUT2D eigenvalue weighted by Gasteiger charge is -2.35. The highest BCUT2D eigenvalue weighted by Gasteiger charge is 2.22. The topological polar surface area (TPSA) is 54.7 Å². The molecule has 114 valence electrons. The third kappa shape index (κ3) is 4.35. The minimum Gasteiger partial charge on any atom is -0.497 e. The molecule has 0 spiro atoms. The average Bonchev–Trinajstić information content (AvgIpc) is 2.52. The molecule has 0 amide bonds. The molecular weight excluding hydrogens is 268 g/mol. The molecule has 1 aromatic carbocycles. The lowest BCUT2D eigenvalue weighted by molar-refractivity contribution is -0.0564. The second kappa shape index (κ2) is 7.30. The van der Waals surface area contributed by atoms with Gasteiger partial charge in [0, 0.05) is 25.2 Å². The number of nitrogens with zero attached hydrogens (tertiary/aromatic N) is 2. The quantitative estimate of drug-likeness (QED) is 0.831. The zero-order valence-corrected chi connectivity index (χ0v) is 12.8. The number of hydrogen-bond donors (Lipinski definition) is 0. The fourth-order valence-corrected chi connectivity index (χ4v) is 2.34. The predicted molar refractivity (Wildman–Crippen MR) is 79.7 cm³/mol. The van der Waals surface area contributed by atoms with Crippen LogP contribution < -0.4 is 9.47 Å². The highest BCUT2D eigenvalue weighted by Crippen LogP contribution is 2.23. The summed E-state index contributed by atoms with van der Waals surface area (Å²) >= 11 is 0. The van der Waals surface area contributed by atoms with Gasteiger partial charge in [0.25, 0.3) is 0 Å². The van der Waals surface area contributed by atoms with Crippen molar-refractivity contribution < 1.29 is 14.2 Å². The summed E-state index contributed by atoms with van der Waals surface area (Å²) in [5, 5.41) is 9.00. The van der Waals surface area contributed by atoms with E-state index in [9.17, 15) is 0 Å². The summed E-state index contributed by atoms with van der Waals surface area (Å²) in [4.78, 5) is 2.38. The van der Waals surface area contributed by atoms with Crippen LogP contribution in [0.4, 0.5) is 0 Å². The SMILES string of the molecule is COc1cc(C#N)cc(OCC2CN(C(C)C)CCO2)c1. The number of rotatable bonds is 5. The molecule has 0 radical (unpaired) electrons. The summed E-state index contributed by atoms with van der Waals surface area (Å²) in [7, 11) is 1.57. The molecule has 1 fully saturated rings. The van der Waals surface area contributed by atoms with Gasteiger partial charge >= 0.3 is 0 Å². The van der Waals surface area contributed by atoms with Crippen molar-refractivity contribution in [2.75, 3.05) is 33.4 Å². The van der Waals surface area contributed by atoms with Crippen LogP contribution in [0.1, 0.15) is 19.4 Å². The van der Waals surface area contributed by atoms with Crippen LogP contribution in [0.2, 0.25) is 0 Å². The fraction of sp³-hybridized carbons (Fsp3) is 0.562. The third-order valence-electron chi connectivity index (χ3n) is 3.58. The van der Waals surface area contributed by atoms with E-state index in [1.807, 2.05) is 0 Å². The normalized spacial score (nSPS) is 19.3. The van der Waals surface area contributed by atoms with Gasteiger partial charge in [-0.15, -0.1) is 0 Å². The Labute approximate surface area is 126 Å². The molecular formula is C16H22N2O3. The van der Waals surface area contributed by atoms with Crippen molar-refractivity contribution in [2.24, 2.45) is 0 Å². The van der Waals surface area contributed by atoms with Crippen LogP contribution in [-0.2, 0) is 4.74 Å². The van der Waals surface area contributed by atoms with Crippen LogP contribution in [0.3, 0.4) is 0 Å². The molecule has 0 saturated carbocycles. The summed E-state index contributed by atoms with van der Waals surface area (Å²) < 4.78 is 16.7. The second-order valence-corrected chi connectivity index (χ2v) is 5.40. The first-order valence-electron chi connectivity index (χ1n) is 7.20. The predicted octanol–water partition coefficient (Wildman–Crippen LogP) is 2.05. The maximum absolute atomic E-state index is 9.00. The molecule has 2 rings (SSSR count). The van der Waals surface area contributed by atoms with Gasteiger partial charge in [-0.3, -0.25) is 4.90 Å². The smallest absolute Gasteiger partial charge is 0.124 e. The van der Waals surface area contributed by atoms with Gasteiger partial charge in [-0.2, -0.15) is 5.26 Å². The molecule has 1 atom stereocenters. The summed E-state index contributed by atoms with van der Waals surface area (Å²) in [6.07, 6.45) is 0.0536. The van der Waals surface area contributed by atoms with E-state index in [4.69, 9.17) is 19.5 Å². The molecule has 1 saturated heterocycles. The molecule has 21 heavy (non-hydrogen) atoms. The Balaban J connectivity index is 1.95. The lowest BCUT2D eigenvalue weighted by atomic mass is 10.2. The van der Waals surface area contributed by atoms with Gasteiger partial charge in [0.15, 0.2) is 0 Å². The number of methoxy groups -OCH3 is 1. The third-order valence-corrected chi connectivity index (χ3v) is 3.58. The Morgan fingerprint density at radius 1 is 1.38 bits per heavy atom. The summed E-state index contributed by atoms with van der Waals surface area (Å²) in [5.41, 5.74) is 0.526. The molecule has 0 aliphatic carbocycles. The van der Waals surface area contributed by atoms with Gasteiger partial charge in [0.2, 0.25) is 0 Å². The van der Waals surface area contributed by atoms with E-state index in [0.29, 0.717) is 29.7 Å². The van der Waals surface area contributed by atoms with E-state index < -0.39 is 0 Å². The van der Waals surface area contributed by atoms with Crippen molar-refractivity contribution in [1.29, 1.82) is 5.26 Å². The van der Waals surface area contributed by atoms with Gasteiger partial charge in [-0.1, -0.05) is 0 Å². The van der Waals surface area contributed by atoms with Crippen LogP contribution in [0, 0.1) is 11.3 Å². The molecule has 1 heterocycles. The maximum Gasteiger partial charge on any atom is 0.124 e. The minimum atomic E-state index is 0.0536. The molecule has 0 bridgehead atoms. The van der Waals surface area contributed by atoms with Crippen LogP contribution in [0.5, 0.6) is 11.5 Å². The Morgan fingerprint density at radius 3 is 2.81 bits per heavy atom. The number of ether oxygens (including phenoxy) is 3. The Morgan fingerprint density at radius 2 is 2.14 bits per heavy atom. The molecule has 1 aliphatic rings. The first kappa shape index (κ1) is 15.6. The summed E-state index contributed by atoms with van der Waals surface area (Å²) in [5.74, 6) is 1.26. The van der Waals surface area contributed by atoms with Crippen LogP contribution in [0.25, 0.3) is 0 Å². The monoisotopic (exact) mass is 290 g/mol. The van der Waals surface area contributed by atoms with E-state index in [-0.39, 0.29) is 6.10 Å². The van der Waals surface area contributed by atoms with Crippen molar-refractivity contribution in [3.8, 4) is 17.6 Å². The molecule has 1 aromatic rings. The van der Waals surface area contributed by atoms with Crippen LogP contribution in [0.15, 0.2) is 18.2 Å². The largest absolute Gasteiger partial charge is 0.497 e. The van der Waals surface area contributed by atoms with Gasteiger partial charge in [-0.05, 0) is 26.0 Å². The average molecular weight is 290 g/mol. The van der Waals surface area contributed by atoms with E-state index in [1.165, 1.54) is 0 Å². The number of hydrogen-bond acceptors (Lipinski definition) is 5. The standard InChI is InChI=1S/C16H22N2O3/c1-12(2)18-4-5-20-16(10-18)11-21-15-7-13(9-17)6-14(8-15)19-3/h6-8,12,16H,4-5,10-11H2,1-3H3. The molecule has 1 aliphatic heterocycles. The van der Waals surface area contributed by atoms with Gasteiger partial charge in [0.05, 0.1) is 25.3 Å². The summed E-state index contributed by atoms with van der Waals surface area (Å²) in [6, 6.07) is 7.80. The van der Waals surface area contributed by atoms with E-state index in [0.717, 1.165) is 19.7 Å². The zero-order chi connectivity index (χ0) is 15.2. The van der Waals surface area contributed by atoms with Crippen molar-refractivity contribution in [1.82, 2.24) is 4.90 Å². The zero-order valence-electron chi connectivity index (χ0n) is 12.8. The molecule has 5 heteroatoms. The van der Waals surface area contributed by atoms with Gasteiger partial charge < -0.3 is 14.2 Å². The number of benzene rings is 1. The maximum atomic E-state index is 9.00. The summed E-state index contributed by atoms with van der Waals surface area (Å²) in [6.45, 7) is 7.41. The van der Waals surface area contributed by atoms with Crippen molar-refractivity contribution in [2.45, 2.75) is 26.0 Å². The van der Waals surface area contributed by atoms with Crippen LogP contribution in [-0.4, -0.2) is 50.5 Å². The fourth-order valence-electron chi connectivity index (χ4n) is 2.34. The van der Waals surface area contributed by atoms with Gasteiger partial charge in [-0.25, -0.2) is 0 Å². The number of morpholine rings is 1. The second-order valence-electron chi connectivity index (χ2n) is 5.40. The highest BCUT2D eigenvalue weighted by atomic mass is 16.5. The van der Waals surface area contributed by atoms with Gasteiger partial charge in [0.1, 0.15) is 24.2 Å².